The molecule has 0 aliphatic rings. The number of rotatable bonds is 12. The van der Waals surface area contributed by atoms with Gasteiger partial charge in [0.2, 0.25) is 6.54 Å². The lowest BCUT2D eigenvalue weighted by Crippen LogP contribution is -2.49. The highest BCUT2D eigenvalue weighted by Gasteiger charge is 2.46. The average Bonchev–Trinajstić information content (AvgIpc) is 3.04. The molecule has 1 rings (SSSR count). The van der Waals surface area contributed by atoms with Crippen LogP contribution in [0.1, 0.15) is 59.4 Å². The largest absolute Gasteiger partial charge is 0.472 e. The van der Waals surface area contributed by atoms with Crippen LogP contribution < -0.4 is 0 Å². The molecule has 0 saturated carbocycles. The van der Waals surface area contributed by atoms with E-state index in [0.29, 0.717) is 29.7 Å². The first kappa shape index (κ1) is 22.9. The molecule has 2 atom stereocenters. The predicted molar refractivity (Wildman–Crippen MR) is 106 cm³/mol. The van der Waals surface area contributed by atoms with E-state index in [0.717, 1.165) is 5.56 Å². The zero-order chi connectivity index (χ0) is 19.9. The van der Waals surface area contributed by atoms with E-state index in [1.807, 2.05) is 6.07 Å². The van der Waals surface area contributed by atoms with Crippen LogP contribution in [0, 0.1) is 16.0 Å². The third-order valence-electron chi connectivity index (χ3n) is 5.62. The van der Waals surface area contributed by atoms with Crippen LogP contribution in [0.2, 0.25) is 16.6 Å². The molecule has 0 aliphatic heterocycles. The van der Waals surface area contributed by atoms with Crippen LogP contribution in [0.4, 0.5) is 0 Å². The second-order valence-corrected chi connectivity index (χ2v) is 13.5. The molecule has 1 aromatic rings. The van der Waals surface area contributed by atoms with Gasteiger partial charge in [0.05, 0.1) is 18.4 Å². The maximum absolute atomic E-state index is 11.3. The Kier molecular flexibility index (Phi) is 8.99. The fourth-order valence-electron chi connectivity index (χ4n) is 4.54. The minimum atomic E-state index is -2.10. The van der Waals surface area contributed by atoms with Crippen molar-refractivity contribution in [3.63, 3.8) is 0 Å². The monoisotopic (exact) mass is 385 g/mol. The molecule has 6 nitrogen and oxygen atoms in total. The quantitative estimate of drug-likeness (QED) is 0.316. The Hall–Kier alpha value is -1.18. The maximum Gasteiger partial charge on any atom is 0.209 e. The number of nitrogens with zero attached hydrogens (tertiary/aromatic N) is 1. The van der Waals surface area contributed by atoms with E-state index in [9.17, 15) is 15.2 Å². The van der Waals surface area contributed by atoms with Gasteiger partial charge in [0, 0.05) is 24.1 Å². The van der Waals surface area contributed by atoms with Crippen LogP contribution in [0.3, 0.4) is 0 Å². The first-order chi connectivity index (χ1) is 12.2. The number of aliphatic hydroxyl groups excluding tert-OH is 1. The highest BCUT2D eigenvalue weighted by molar-refractivity contribution is 6.77. The van der Waals surface area contributed by atoms with Gasteiger partial charge in [-0.25, -0.2) is 0 Å². The predicted octanol–water partition coefficient (Wildman–Crippen LogP) is 4.83. The third kappa shape index (κ3) is 5.41. The zero-order valence-corrected chi connectivity index (χ0v) is 18.0. The summed E-state index contributed by atoms with van der Waals surface area (Å²) in [6, 6.07) is 1.82. The minimum Gasteiger partial charge on any atom is -0.472 e. The first-order valence-electron chi connectivity index (χ1n) is 9.55. The molecule has 0 aliphatic carbocycles. The van der Waals surface area contributed by atoms with Crippen molar-refractivity contribution >= 4 is 8.32 Å². The number of nitro groups is 1. The summed E-state index contributed by atoms with van der Waals surface area (Å²) in [5.74, 6) is -0.444. The Labute approximate surface area is 158 Å². The van der Waals surface area contributed by atoms with E-state index in [1.54, 1.807) is 12.5 Å². The highest BCUT2D eigenvalue weighted by atomic mass is 28.4. The summed E-state index contributed by atoms with van der Waals surface area (Å²) in [5, 5.41) is 20.8. The van der Waals surface area contributed by atoms with Gasteiger partial charge in [-0.2, -0.15) is 0 Å². The van der Waals surface area contributed by atoms with Gasteiger partial charge >= 0.3 is 0 Å². The Morgan fingerprint density at radius 3 is 2.15 bits per heavy atom. The van der Waals surface area contributed by atoms with Gasteiger partial charge in [0.15, 0.2) is 8.32 Å². The van der Waals surface area contributed by atoms with Crippen molar-refractivity contribution < 1.29 is 18.9 Å². The fourth-order valence-corrected chi connectivity index (χ4v) is 10.0. The van der Waals surface area contributed by atoms with Crippen molar-refractivity contribution in [1.29, 1.82) is 0 Å². The van der Waals surface area contributed by atoms with E-state index in [-0.39, 0.29) is 29.9 Å². The normalized spacial score (nSPS) is 15.0. The lowest BCUT2D eigenvalue weighted by atomic mass is 9.85. The van der Waals surface area contributed by atoms with Crippen molar-refractivity contribution in [2.45, 2.75) is 70.5 Å². The minimum absolute atomic E-state index is 0.0226. The molecule has 1 aromatic heterocycles. The number of hydrogen-bond acceptors (Lipinski definition) is 5. The van der Waals surface area contributed by atoms with E-state index in [2.05, 4.69) is 41.5 Å². The fraction of sp³-hybridized carbons (Fsp3) is 0.789. The van der Waals surface area contributed by atoms with E-state index >= 15 is 0 Å². The standard InChI is InChI=1S/C19H35NO5Si/c1-14(2)26(15(3)4,16(5)6)25-13-18(11-20(22)23)19(7-9-21)17-8-10-24-12-17/h8,10,12,14-16,18-19,21H,7,9,11,13H2,1-6H3/t18-,19-/m0/s1. The number of furan rings is 1. The molecular formula is C19H35NO5Si. The van der Waals surface area contributed by atoms with Gasteiger partial charge in [0.1, 0.15) is 0 Å². The molecular weight excluding hydrogens is 350 g/mol. The summed E-state index contributed by atoms with van der Waals surface area (Å²) in [5.41, 5.74) is 2.15. The Bertz CT molecular complexity index is 508. The van der Waals surface area contributed by atoms with Crippen LogP contribution in [0.25, 0.3) is 0 Å². The SMILES string of the molecule is CC(C)[Si](OC[C@H](C[N+](=O)[O-])[C@@H](CCO)c1ccoc1)(C(C)C)C(C)C. The van der Waals surface area contributed by atoms with Crippen molar-refractivity contribution in [3.05, 3.63) is 34.3 Å². The number of hydrogen-bond donors (Lipinski definition) is 1. The Morgan fingerprint density at radius 1 is 1.19 bits per heavy atom. The molecule has 0 unspecified atom stereocenters. The van der Waals surface area contributed by atoms with Gasteiger partial charge in [-0.05, 0) is 34.7 Å². The molecule has 0 fully saturated rings. The van der Waals surface area contributed by atoms with E-state index < -0.39 is 8.32 Å². The molecule has 150 valence electrons. The number of aliphatic hydroxyl groups is 1. The highest BCUT2D eigenvalue weighted by Crippen LogP contribution is 2.43. The maximum atomic E-state index is 11.3. The molecule has 0 saturated heterocycles. The molecule has 1 N–H and O–H groups in total. The summed E-state index contributed by atoms with van der Waals surface area (Å²) in [7, 11) is -2.10. The molecule has 0 radical (unpaired) electrons. The van der Waals surface area contributed by atoms with Gasteiger partial charge in [-0.3, -0.25) is 10.1 Å². The van der Waals surface area contributed by atoms with Crippen molar-refractivity contribution in [3.8, 4) is 0 Å². The molecule has 0 bridgehead atoms. The van der Waals surface area contributed by atoms with Gasteiger partial charge < -0.3 is 13.9 Å². The first-order valence-corrected chi connectivity index (χ1v) is 11.7. The zero-order valence-electron chi connectivity index (χ0n) is 17.0. The van der Waals surface area contributed by atoms with Gasteiger partial charge in [-0.1, -0.05) is 41.5 Å². The molecule has 0 spiro atoms. The Morgan fingerprint density at radius 2 is 1.77 bits per heavy atom. The van der Waals surface area contributed by atoms with Gasteiger partial charge in [-0.15, -0.1) is 0 Å². The van der Waals surface area contributed by atoms with Crippen LogP contribution in [-0.4, -0.2) is 38.1 Å². The summed E-state index contributed by atoms with van der Waals surface area (Å²) >= 11 is 0. The van der Waals surface area contributed by atoms with Gasteiger partial charge in [0.25, 0.3) is 0 Å². The molecule has 0 aromatic carbocycles. The second kappa shape index (κ2) is 10.2. The van der Waals surface area contributed by atoms with Crippen LogP contribution in [0.15, 0.2) is 23.0 Å². The summed E-state index contributed by atoms with van der Waals surface area (Å²) in [6.45, 7) is 13.4. The molecule has 7 heteroatoms. The summed E-state index contributed by atoms with van der Waals surface area (Å²) < 4.78 is 11.8. The smallest absolute Gasteiger partial charge is 0.209 e. The van der Waals surface area contributed by atoms with Crippen LogP contribution in [0.5, 0.6) is 0 Å². The van der Waals surface area contributed by atoms with Crippen molar-refractivity contribution in [2.24, 2.45) is 5.92 Å². The van der Waals surface area contributed by atoms with Crippen LogP contribution >= 0.6 is 0 Å². The lowest BCUT2D eigenvalue weighted by Gasteiger charge is -2.43. The second-order valence-electron chi connectivity index (χ2n) is 8.08. The summed E-state index contributed by atoms with van der Waals surface area (Å²) in [4.78, 5) is 11.0. The third-order valence-corrected chi connectivity index (χ3v) is 11.7. The van der Waals surface area contributed by atoms with E-state index in [4.69, 9.17) is 8.84 Å². The van der Waals surface area contributed by atoms with Crippen molar-refractivity contribution in [2.75, 3.05) is 19.8 Å². The Balaban J connectivity index is 3.10. The molecule has 26 heavy (non-hydrogen) atoms. The lowest BCUT2D eigenvalue weighted by molar-refractivity contribution is -0.489. The van der Waals surface area contributed by atoms with E-state index in [1.165, 1.54) is 0 Å². The summed E-state index contributed by atoms with van der Waals surface area (Å²) in [6.07, 6.45) is 3.64. The topological polar surface area (TPSA) is 85.7 Å². The van der Waals surface area contributed by atoms with Crippen molar-refractivity contribution in [1.82, 2.24) is 0 Å². The molecule has 1 heterocycles. The van der Waals surface area contributed by atoms with Crippen LogP contribution in [-0.2, 0) is 4.43 Å². The average molecular weight is 386 g/mol. The molecule has 0 amide bonds.